The summed E-state index contributed by atoms with van der Waals surface area (Å²) < 4.78 is 32.4. The van der Waals surface area contributed by atoms with Crippen LogP contribution in [-0.2, 0) is 16.4 Å². The quantitative estimate of drug-likeness (QED) is 0.819. The molecule has 0 aliphatic heterocycles. The SMILES string of the molecule is COc1ccc(S(=O)(=O)NC2CCC2)c(CCO)c1. The van der Waals surface area contributed by atoms with Gasteiger partial charge in [-0.15, -0.1) is 0 Å². The maximum Gasteiger partial charge on any atom is 0.241 e. The molecule has 106 valence electrons. The van der Waals surface area contributed by atoms with Crippen LogP contribution in [0.15, 0.2) is 23.1 Å². The van der Waals surface area contributed by atoms with Crippen LogP contribution in [0.3, 0.4) is 0 Å². The second-order valence-electron chi connectivity index (χ2n) is 4.70. The van der Waals surface area contributed by atoms with Crippen molar-refractivity contribution in [2.75, 3.05) is 13.7 Å². The first-order valence-corrected chi connectivity index (χ1v) is 7.85. The molecule has 0 radical (unpaired) electrons. The molecule has 1 aliphatic rings. The second kappa shape index (κ2) is 5.90. The highest BCUT2D eigenvalue weighted by molar-refractivity contribution is 7.89. The molecule has 0 aromatic heterocycles. The summed E-state index contributed by atoms with van der Waals surface area (Å²) in [6.45, 7) is -0.0981. The fourth-order valence-electron chi connectivity index (χ4n) is 2.07. The number of nitrogens with one attached hydrogen (secondary N) is 1. The molecular weight excluding hydrogens is 266 g/mol. The molecule has 6 heteroatoms. The summed E-state index contributed by atoms with van der Waals surface area (Å²) in [6, 6.07) is 4.86. The Morgan fingerprint density at radius 1 is 1.42 bits per heavy atom. The minimum atomic E-state index is -3.51. The van der Waals surface area contributed by atoms with Crippen LogP contribution < -0.4 is 9.46 Å². The summed E-state index contributed by atoms with van der Waals surface area (Å²) in [4.78, 5) is 0.231. The summed E-state index contributed by atoms with van der Waals surface area (Å²) in [5, 5.41) is 9.06. The van der Waals surface area contributed by atoms with Crippen molar-refractivity contribution < 1.29 is 18.3 Å². The van der Waals surface area contributed by atoms with Crippen LogP contribution >= 0.6 is 0 Å². The van der Waals surface area contributed by atoms with Gasteiger partial charge in [-0.2, -0.15) is 0 Å². The lowest BCUT2D eigenvalue weighted by atomic mass is 9.94. The van der Waals surface area contributed by atoms with Crippen LogP contribution in [0.2, 0.25) is 0 Å². The monoisotopic (exact) mass is 285 g/mol. The van der Waals surface area contributed by atoms with Crippen LogP contribution in [0.1, 0.15) is 24.8 Å². The Bertz CT molecular complexity index is 538. The maximum absolute atomic E-state index is 12.3. The van der Waals surface area contributed by atoms with Gasteiger partial charge in [0.05, 0.1) is 12.0 Å². The van der Waals surface area contributed by atoms with Gasteiger partial charge in [0, 0.05) is 12.6 Å². The van der Waals surface area contributed by atoms with Gasteiger partial charge in [0.15, 0.2) is 0 Å². The van der Waals surface area contributed by atoms with E-state index >= 15 is 0 Å². The molecule has 5 nitrogen and oxygen atoms in total. The zero-order valence-corrected chi connectivity index (χ0v) is 11.7. The first-order valence-electron chi connectivity index (χ1n) is 6.37. The molecular formula is C13H19NO4S. The van der Waals surface area contributed by atoms with Gasteiger partial charge >= 0.3 is 0 Å². The van der Waals surface area contributed by atoms with Crippen LogP contribution in [0.5, 0.6) is 5.75 Å². The van der Waals surface area contributed by atoms with Crippen molar-refractivity contribution >= 4 is 10.0 Å². The van der Waals surface area contributed by atoms with Crippen molar-refractivity contribution in [2.24, 2.45) is 0 Å². The molecule has 0 heterocycles. The van der Waals surface area contributed by atoms with Crippen LogP contribution in [0.25, 0.3) is 0 Å². The molecule has 1 aromatic carbocycles. The van der Waals surface area contributed by atoms with Gasteiger partial charge < -0.3 is 9.84 Å². The van der Waals surface area contributed by atoms with Gasteiger partial charge in [-0.05, 0) is 43.0 Å². The molecule has 2 rings (SSSR count). The van der Waals surface area contributed by atoms with E-state index in [1.165, 1.54) is 13.2 Å². The molecule has 0 atom stereocenters. The first kappa shape index (κ1) is 14.3. The van der Waals surface area contributed by atoms with Gasteiger partial charge in [-0.3, -0.25) is 0 Å². The Morgan fingerprint density at radius 3 is 2.68 bits per heavy atom. The number of hydrogen-bond acceptors (Lipinski definition) is 4. The summed E-state index contributed by atoms with van der Waals surface area (Å²) in [6.07, 6.45) is 3.15. The van der Waals surface area contributed by atoms with E-state index in [-0.39, 0.29) is 24.0 Å². The van der Waals surface area contributed by atoms with Crippen molar-refractivity contribution in [2.45, 2.75) is 36.6 Å². The molecule has 1 aromatic rings. The number of methoxy groups -OCH3 is 1. The van der Waals surface area contributed by atoms with E-state index in [1.807, 2.05) is 0 Å². The Morgan fingerprint density at radius 2 is 2.16 bits per heavy atom. The molecule has 19 heavy (non-hydrogen) atoms. The van der Waals surface area contributed by atoms with E-state index in [4.69, 9.17) is 9.84 Å². The zero-order valence-electron chi connectivity index (χ0n) is 10.9. The normalized spacial score (nSPS) is 16.1. The molecule has 0 saturated heterocycles. The minimum Gasteiger partial charge on any atom is -0.497 e. The fourth-order valence-corrected chi connectivity index (χ4v) is 3.62. The maximum atomic E-state index is 12.3. The van der Waals surface area contributed by atoms with Crippen LogP contribution in [-0.4, -0.2) is 33.3 Å². The molecule has 1 fully saturated rings. The Balaban J connectivity index is 2.30. The lowest BCUT2D eigenvalue weighted by molar-refractivity contribution is 0.298. The third-order valence-corrected chi connectivity index (χ3v) is 4.99. The second-order valence-corrected chi connectivity index (χ2v) is 6.38. The molecule has 1 aliphatic carbocycles. The molecule has 0 spiro atoms. The van der Waals surface area contributed by atoms with E-state index in [2.05, 4.69) is 4.72 Å². The largest absolute Gasteiger partial charge is 0.497 e. The summed E-state index contributed by atoms with van der Waals surface area (Å²) >= 11 is 0. The van der Waals surface area contributed by atoms with Crippen molar-refractivity contribution in [1.29, 1.82) is 0 Å². The Hall–Kier alpha value is -1.11. The van der Waals surface area contributed by atoms with Gasteiger partial charge in [-0.1, -0.05) is 6.42 Å². The van der Waals surface area contributed by atoms with Crippen molar-refractivity contribution in [3.05, 3.63) is 23.8 Å². The molecule has 1 saturated carbocycles. The van der Waals surface area contributed by atoms with Crippen molar-refractivity contribution in [3.8, 4) is 5.75 Å². The highest BCUT2D eigenvalue weighted by atomic mass is 32.2. The number of aliphatic hydroxyl groups excluding tert-OH is 1. The smallest absolute Gasteiger partial charge is 0.241 e. The third kappa shape index (κ3) is 3.26. The van der Waals surface area contributed by atoms with Gasteiger partial charge in [0.25, 0.3) is 0 Å². The number of sulfonamides is 1. The number of hydrogen-bond donors (Lipinski definition) is 2. The highest BCUT2D eigenvalue weighted by Crippen LogP contribution is 2.25. The predicted molar refractivity (Wildman–Crippen MR) is 71.7 cm³/mol. The lowest BCUT2D eigenvalue weighted by Crippen LogP contribution is -2.39. The summed E-state index contributed by atoms with van der Waals surface area (Å²) in [5.41, 5.74) is 0.577. The van der Waals surface area contributed by atoms with E-state index in [9.17, 15) is 8.42 Å². The standard InChI is InChI=1S/C13H19NO4S/c1-18-12-5-6-13(10(9-12)7-8-15)19(16,17)14-11-3-2-4-11/h5-6,9,11,14-15H,2-4,7-8H2,1H3. The van der Waals surface area contributed by atoms with Crippen molar-refractivity contribution in [1.82, 2.24) is 4.72 Å². The van der Waals surface area contributed by atoms with Crippen molar-refractivity contribution in [3.63, 3.8) is 0 Å². The van der Waals surface area contributed by atoms with E-state index < -0.39 is 10.0 Å². The first-order chi connectivity index (χ1) is 9.06. The van der Waals surface area contributed by atoms with Gasteiger partial charge in [0.1, 0.15) is 5.75 Å². The number of rotatable bonds is 6. The molecule has 0 bridgehead atoms. The topological polar surface area (TPSA) is 75.6 Å². The highest BCUT2D eigenvalue weighted by Gasteiger charge is 2.26. The molecule has 0 unspecified atom stereocenters. The zero-order chi connectivity index (χ0) is 13.9. The molecule has 2 N–H and O–H groups in total. The average molecular weight is 285 g/mol. The van der Waals surface area contributed by atoms with E-state index in [1.54, 1.807) is 12.1 Å². The summed E-state index contributed by atoms with van der Waals surface area (Å²) in [5.74, 6) is 0.589. The molecule has 0 amide bonds. The van der Waals surface area contributed by atoms with Crippen LogP contribution in [0.4, 0.5) is 0 Å². The number of ether oxygens (including phenoxy) is 1. The van der Waals surface area contributed by atoms with Gasteiger partial charge in [0.2, 0.25) is 10.0 Å². The Labute approximate surface area is 113 Å². The van der Waals surface area contributed by atoms with Crippen LogP contribution in [0, 0.1) is 0 Å². The fraction of sp³-hybridized carbons (Fsp3) is 0.538. The number of benzene rings is 1. The third-order valence-electron chi connectivity index (χ3n) is 3.37. The van der Waals surface area contributed by atoms with E-state index in [0.717, 1.165) is 19.3 Å². The van der Waals surface area contributed by atoms with Gasteiger partial charge in [-0.25, -0.2) is 13.1 Å². The predicted octanol–water partition coefficient (Wildman–Crippen LogP) is 1.06. The van der Waals surface area contributed by atoms with E-state index in [0.29, 0.717) is 11.3 Å². The lowest BCUT2D eigenvalue weighted by Gasteiger charge is -2.26. The summed E-state index contributed by atoms with van der Waals surface area (Å²) in [7, 11) is -1.99. The Kier molecular flexibility index (Phi) is 4.44. The number of aliphatic hydroxyl groups is 1. The minimum absolute atomic E-state index is 0.0501. The average Bonchev–Trinajstić information content (AvgIpc) is 2.34.